The second-order valence-electron chi connectivity index (χ2n) is 3.34. The van der Waals surface area contributed by atoms with E-state index >= 15 is 0 Å². The fourth-order valence-corrected chi connectivity index (χ4v) is 1.27. The van der Waals surface area contributed by atoms with E-state index in [1.165, 1.54) is 36.7 Å². The molecule has 2 aromatic heterocycles. The minimum Gasteiger partial charge on any atom is -0.306 e. The molecule has 2 aromatic rings. The first-order valence-electron chi connectivity index (χ1n) is 4.99. The number of halogens is 1. The van der Waals surface area contributed by atoms with Crippen LogP contribution in [0.25, 0.3) is 0 Å². The third-order valence-corrected chi connectivity index (χ3v) is 2.14. The van der Waals surface area contributed by atoms with Gasteiger partial charge in [0.2, 0.25) is 5.95 Å². The molecule has 5 nitrogen and oxygen atoms in total. The van der Waals surface area contributed by atoms with E-state index < -0.39 is 11.9 Å². The smallest absolute Gasteiger partial charge is 0.261 e. The fraction of sp³-hybridized carbons (Fsp3) is 0. The zero-order valence-corrected chi connectivity index (χ0v) is 9.09. The van der Waals surface area contributed by atoms with Gasteiger partial charge in [0.1, 0.15) is 11.9 Å². The van der Waals surface area contributed by atoms with Crippen molar-refractivity contribution >= 4 is 11.7 Å². The number of rotatable bonds is 2. The van der Waals surface area contributed by atoms with Crippen molar-refractivity contribution in [1.82, 2.24) is 9.97 Å². The molecule has 2 rings (SSSR count). The lowest BCUT2D eigenvalue weighted by molar-refractivity contribution is 0.102. The largest absolute Gasteiger partial charge is 0.306 e. The van der Waals surface area contributed by atoms with E-state index in [2.05, 4.69) is 15.3 Å². The van der Waals surface area contributed by atoms with E-state index in [9.17, 15) is 9.18 Å². The lowest BCUT2D eigenvalue weighted by Gasteiger charge is -2.04. The summed E-state index contributed by atoms with van der Waals surface area (Å²) in [6, 6.07) is 7.65. The number of amides is 1. The molecule has 0 aliphatic heterocycles. The van der Waals surface area contributed by atoms with Crippen LogP contribution in [0, 0.1) is 17.3 Å². The van der Waals surface area contributed by atoms with Crippen molar-refractivity contribution < 1.29 is 9.18 Å². The first kappa shape index (κ1) is 11.7. The Hall–Kier alpha value is -2.81. The number of nitriles is 1. The molecule has 18 heavy (non-hydrogen) atoms. The highest BCUT2D eigenvalue weighted by atomic mass is 19.1. The van der Waals surface area contributed by atoms with E-state index in [0.29, 0.717) is 5.56 Å². The summed E-state index contributed by atoms with van der Waals surface area (Å²) in [6.45, 7) is 0. The number of hydrogen-bond donors (Lipinski definition) is 1. The molecule has 1 N–H and O–H groups in total. The molecule has 0 atom stereocenters. The van der Waals surface area contributed by atoms with Crippen molar-refractivity contribution in [3.05, 3.63) is 53.7 Å². The Morgan fingerprint density at radius 2 is 2.17 bits per heavy atom. The summed E-state index contributed by atoms with van der Waals surface area (Å²) < 4.78 is 13.2. The van der Waals surface area contributed by atoms with E-state index in [-0.39, 0.29) is 11.4 Å². The molecule has 2 heterocycles. The second kappa shape index (κ2) is 5.01. The molecule has 0 saturated heterocycles. The van der Waals surface area contributed by atoms with Crippen LogP contribution in [-0.4, -0.2) is 15.9 Å². The van der Waals surface area contributed by atoms with Gasteiger partial charge in [-0.2, -0.15) is 9.65 Å². The maximum absolute atomic E-state index is 13.2. The number of nitrogens with zero attached hydrogens (tertiary/aromatic N) is 3. The van der Waals surface area contributed by atoms with Gasteiger partial charge in [0.15, 0.2) is 0 Å². The average molecular weight is 242 g/mol. The highest BCUT2D eigenvalue weighted by Crippen LogP contribution is 2.08. The minimum absolute atomic E-state index is 0.163. The van der Waals surface area contributed by atoms with E-state index in [1.807, 2.05) is 6.07 Å². The summed E-state index contributed by atoms with van der Waals surface area (Å²) in [4.78, 5) is 18.9. The van der Waals surface area contributed by atoms with Crippen LogP contribution < -0.4 is 5.32 Å². The Kier molecular flexibility index (Phi) is 3.25. The number of pyridine rings is 2. The Balaban J connectivity index is 2.17. The monoisotopic (exact) mass is 242 g/mol. The Morgan fingerprint density at radius 1 is 1.33 bits per heavy atom. The standard InChI is InChI=1S/C12H7FN4O/c13-11-9(2-1-5-15-11)12(18)17-10-4-3-8(6-14)7-16-10/h1-5,7H,(H,16,17,18). The van der Waals surface area contributed by atoms with E-state index in [0.717, 1.165) is 0 Å². The normalized spacial score (nSPS) is 9.56. The lowest BCUT2D eigenvalue weighted by Crippen LogP contribution is -2.15. The SMILES string of the molecule is N#Cc1ccc(NC(=O)c2cccnc2F)nc1. The van der Waals surface area contributed by atoms with Gasteiger partial charge in [-0.15, -0.1) is 0 Å². The van der Waals surface area contributed by atoms with Gasteiger partial charge in [-0.3, -0.25) is 4.79 Å². The molecule has 0 radical (unpaired) electrons. The first-order valence-corrected chi connectivity index (χ1v) is 4.99. The highest BCUT2D eigenvalue weighted by Gasteiger charge is 2.12. The van der Waals surface area contributed by atoms with Gasteiger partial charge in [-0.05, 0) is 24.3 Å². The molecule has 0 bridgehead atoms. The van der Waals surface area contributed by atoms with E-state index in [4.69, 9.17) is 5.26 Å². The molecule has 6 heteroatoms. The summed E-state index contributed by atoms with van der Waals surface area (Å²) in [6.07, 6.45) is 2.57. The van der Waals surface area contributed by atoms with Gasteiger partial charge >= 0.3 is 0 Å². The van der Waals surface area contributed by atoms with Crippen molar-refractivity contribution in [2.45, 2.75) is 0 Å². The van der Waals surface area contributed by atoms with Crippen LogP contribution in [-0.2, 0) is 0 Å². The average Bonchev–Trinajstić information content (AvgIpc) is 2.40. The van der Waals surface area contributed by atoms with Gasteiger partial charge < -0.3 is 5.32 Å². The van der Waals surface area contributed by atoms with Crippen LogP contribution in [0.2, 0.25) is 0 Å². The molecular formula is C12H7FN4O. The summed E-state index contributed by atoms with van der Waals surface area (Å²) in [5.41, 5.74) is 0.212. The Bertz CT molecular complexity index is 619. The van der Waals surface area contributed by atoms with Crippen LogP contribution in [0.1, 0.15) is 15.9 Å². The molecule has 0 aromatic carbocycles. The topological polar surface area (TPSA) is 78.7 Å². The Morgan fingerprint density at radius 3 is 2.78 bits per heavy atom. The van der Waals surface area contributed by atoms with Crippen molar-refractivity contribution in [2.75, 3.05) is 5.32 Å². The van der Waals surface area contributed by atoms with Gasteiger partial charge in [0.25, 0.3) is 5.91 Å². The number of hydrogen-bond acceptors (Lipinski definition) is 4. The summed E-state index contributed by atoms with van der Waals surface area (Å²) in [5.74, 6) is -1.25. The summed E-state index contributed by atoms with van der Waals surface area (Å²) in [7, 11) is 0. The summed E-state index contributed by atoms with van der Waals surface area (Å²) in [5, 5.41) is 11.0. The molecule has 0 spiro atoms. The third kappa shape index (κ3) is 2.47. The van der Waals surface area contributed by atoms with E-state index in [1.54, 1.807) is 0 Å². The van der Waals surface area contributed by atoms with Crippen LogP contribution in [0.5, 0.6) is 0 Å². The Labute approximate surface area is 102 Å². The maximum Gasteiger partial charge on any atom is 0.261 e. The fourth-order valence-electron chi connectivity index (χ4n) is 1.27. The number of nitrogens with one attached hydrogen (secondary N) is 1. The summed E-state index contributed by atoms with van der Waals surface area (Å²) >= 11 is 0. The highest BCUT2D eigenvalue weighted by molar-refractivity contribution is 6.03. The number of aromatic nitrogens is 2. The van der Waals surface area contributed by atoms with Crippen molar-refractivity contribution in [3.8, 4) is 6.07 Å². The van der Waals surface area contributed by atoms with Crippen LogP contribution in [0.15, 0.2) is 36.7 Å². The van der Waals surface area contributed by atoms with Gasteiger partial charge in [-0.1, -0.05) is 0 Å². The van der Waals surface area contributed by atoms with Gasteiger partial charge in [0.05, 0.1) is 11.1 Å². The van der Waals surface area contributed by atoms with Crippen molar-refractivity contribution in [2.24, 2.45) is 0 Å². The molecular weight excluding hydrogens is 235 g/mol. The molecule has 0 aliphatic carbocycles. The third-order valence-electron chi connectivity index (χ3n) is 2.14. The van der Waals surface area contributed by atoms with Gasteiger partial charge in [0, 0.05) is 12.4 Å². The maximum atomic E-state index is 13.2. The number of anilines is 1. The first-order chi connectivity index (χ1) is 8.70. The zero-order chi connectivity index (χ0) is 13.0. The molecule has 0 unspecified atom stereocenters. The molecule has 0 aliphatic rings. The molecule has 1 amide bonds. The molecule has 88 valence electrons. The molecule has 0 saturated carbocycles. The second-order valence-corrected chi connectivity index (χ2v) is 3.34. The van der Waals surface area contributed by atoms with Crippen LogP contribution >= 0.6 is 0 Å². The zero-order valence-electron chi connectivity index (χ0n) is 9.09. The van der Waals surface area contributed by atoms with Crippen molar-refractivity contribution in [3.63, 3.8) is 0 Å². The number of carbonyl (C=O) groups is 1. The van der Waals surface area contributed by atoms with Crippen LogP contribution in [0.4, 0.5) is 10.2 Å². The predicted octanol–water partition coefficient (Wildman–Crippen LogP) is 1.74. The lowest BCUT2D eigenvalue weighted by atomic mass is 10.2. The van der Waals surface area contributed by atoms with Gasteiger partial charge in [-0.25, -0.2) is 9.97 Å². The number of carbonyl (C=O) groups excluding carboxylic acids is 1. The van der Waals surface area contributed by atoms with Crippen molar-refractivity contribution in [1.29, 1.82) is 5.26 Å². The molecule has 0 fully saturated rings. The minimum atomic E-state index is -0.844. The quantitative estimate of drug-likeness (QED) is 0.813. The van der Waals surface area contributed by atoms with Crippen LogP contribution in [0.3, 0.4) is 0 Å². The predicted molar refractivity (Wildman–Crippen MR) is 61.1 cm³/mol.